The lowest BCUT2D eigenvalue weighted by molar-refractivity contribution is -0.120. The van der Waals surface area contributed by atoms with Gasteiger partial charge in [-0.1, -0.05) is 42.5 Å². The van der Waals surface area contributed by atoms with Crippen molar-refractivity contribution >= 4 is 28.3 Å². The molecule has 0 saturated heterocycles. The summed E-state index contributed by atoms with van der Waals surface area (Å²) in [6.45, 7) is 2.13. The molecule has 0 aliphatic carbocycles. The highest BCUT2D eigenvalue weighted by atomic mass is 16.5. The molecule has 0 spiro atoms. The molecule has 3 aromatic rings. The number of hydrogen-bond donors (Lipinski definition) is 1. The summed E-state index contributed by atoms with van der Waals surface area (Å²) in [4.78, 5) is 26.3. The van der Waals surface area contributed by atoms with E-state index in [0.29, 0.717) is 12.3 Å². The largest absolute Gasteiger partial charge is 0.493 e. The monoisotopic (exact) mass is 378 g/mol. The van der Waals surface area contributed by atoms with Crippen molar-refractivity contribution in [1.29, 1.82) is 0 Å². The zero-order chi connectivity index (χ0) is 20.1. The first kappa shape index (κ1) is 19.2. The van der Waals surface area contributed by atoms with Gasteiger partial charge in [0.1, 0.15) is 0 Å². The average molecular weight is 378 g/mol. The highest BCUT2D eigenvalue weighted by Crippen LogP contribution is 2.31. The van der Waals surface area contributed by atoms with Gasteiger partial charge < -0.3 is 20.1 Å². The standard InChI is InChI=1S/C22H22N2O4/c1-3-24(18-12-6-9-15-8-4-5-10-16(15)18)20(25)14-28-21-17(22(23)26)11-7-13-19(21)27-2/h4-13H,3,14H2,1-2H3,(H2,23,26). The zero-order valence-corrected chi connectivity index (χ0v) is 15.8. The molecule has 0 radical (unpaired) electrons. The van der Waals surface area contributed by atoms with Gasteiger partial charge in [-0.25, -0.2) is 0 Å². The minimum atomic E-state index is -0.650. The first-order valence-electron chi connectivity index (χ1n) is 8.94. The number of ether oxygens (including phenoxy) is 2. The van der Waals surface area contributed by atoms with Crippen LogP contribution in [0.5, 0.6) is 11.5 Å². The normalized spacial score (nSPS) is 10.5. The third-order valence-electron chi connectivity index (χ3n) is 4.48. The molecule has 0 heterocycles. The summed E-state index contributed by atoms with van der Waals surface area (Å²) in [6, 6.07) is 18.5. The molecule has 3 rings (SSSR count). The summed E-state index contributed by atoms with van der Waals surface area (Å²) in [5.74, 6) is -0.375. The molecule has 2 amide bonds. The fourth-order valence-electron chi connectivity index (χ4n) is 3.16. The number of nitrogens with zero attached hydrogens (tertiary/aromatic N) is 1. The molecule has 0 aliphatic heterocycles. The maximum atomic E-state index is 12.9. The van der Waals surface area contributed by atoms with Crippen molar-refractivity contribution in [2.45, 2.75) is 6.92 Å². The zero-order valence-electron chi connectivity index (χ0n) is 15.8. The quantitative estimate of drug-likeness (QED) is 0.683. The number of primary amides is 1. The Kier molecular flexibility index (Phi) is 5.79. The number of fused-ring (bicyclic) bond motifs is 1. The maximum Gasteiger partial charge on any atom is 0.264 e. The van der Waals surface area contributed by atoms with Crippen LogP contribution in [0.4, 0.5) is 5.69 Å². The van der Waals surface area contributed by atoms with Gasteiger partial charge in [-0.2, -0.15) is 0 Å². The topological polar surface area (TPSA) is 81.9 Å². The molecule has 6 heteroatoms. The molecule has 0 fully saturated rings. The second-order valence-corrected chi connectivity index (χ2v) is 6.13. The number of likely N-dealkylation sites (N-methyl/N-ethyl adjacent to an activating group) is 1. The van der Waals surface area contributed by atoms with E-state index in [-0.39, 0.29) is 23.8 Å². The molecular formula is C22H22N2O4. The molecule has 0 aromatic heterocycles. The fourth-order valence-corrected chi connectivity index (χ4v) is 3.16. The number of para-hydroxylation sites is 1. The third-order valence-corrected chi connectivity index (χ3v) is 4.48. The van der Waals surface area contributed by atoms with Crippen molar-refractivity contribution in [3.8, 4) is 11.5 Å². The van der Waals surface area contributed by atoms with Gasteiger partial charge in [-0.05, 0) is 30.5 Å². The van der Waals surface area contributed by atoms with Crippen molar-refractivity contribution in [3.05, 3.63) is 66.2 Å². The van der Waals surface area contributed by atoms with Crippen molar-refractivity contribution in [3.63, 3.8) is 0 Å². The predicted octanol–water partition coefficient (Wildman–Crippen LogP) is 3.38. The average Bonchev–Trinajstić information content (AvgIpc) is 2.72. The number of amides is 2. The Hall–Kier alpha value is -3.54. The Bertz CT molecular complexity index is 1010. The van der Waals surface area contributed by atoms with Crippen LogP contribution in [0, 0.1) is 0 Å². The van der Waals surface area contributed by atoms with Gasteiger partial charge in [0, 0.05) is 11.9 Å². The third kappa shape index (κ3) is 3.76. The van der Waals surface area contributed by atoms with Gasteiger partial charge in [-0.15, -0.1) is 0 Å². The molecule has 0 aliphatic rings. The van der Waals surface area contributed by atoms with E-state index >= 15 is 0 Å². The summed E-state index contributed by atoms with van der Waals surface area (Å²) in [5.41, 5.74) is 6.39. The molecule has 0 saturated carbocycles. The molecule has 2 N–H and O–H groups in total. The second kappa shape index (κ2) is 8.43. The predicted molar refractivity (Wildman–Crippen MR) is 109 cm³/mol. The fraction of sp³-hybridized carbons (Fsp3) is 0.182. The van der Waals surface area contributed by atoms with E-state index in [9.17, 15) is 9.59 Å². The number of nitrogens with two attached hydrogens (primary N) is 1. The Morgan fingerprint density at radius 1 is 1.00 bits per heavy atom. The minimum Gasteiger partial charge on any atom is -0.493 e. The van der Waals surface area contributed by atoms with Crippen molar-refractivity contribution in [1.82, 2.24) is 0 Å². The summed E-state index contributed by atoms with van der Waals surface area (Å²) in [5, 5.41) is 2.03. The molecule has 144 valence electrons. The van der Waals surface area contributed by atoms with Gasteiger partial charge in [0.2, 0.25) is 0 Å². The van der Waals surface area contributed by atoms with Crippen LogP contribution in [-0.4, -0.2) is 32.1 Å². The number of carbonyl (C=O) groups excluding carboxylic acids is 2. The molecule has 0 atom stereocenters. The number of anilines is 1. The van der Waals surface area contributed by atoms with Crippen LogP contribution in [0.1, 0.15) is 17.3 Å². The molecule has 0 bridgehead atoms. The second-order valence-electron chi connectivity index (χ2n) is 6.13. The first-order chi connectivity index (χ1) is 13.6. The Balaban J connectivity index is 1.87. The SMILES string of the molecule is CCN(C(=O)COc1c(OC)cccc1C(N)=O)c1cccc2ccccc12. The van der Waals surface area contributed by atoms with Crippen molar-refractivity contribution < 1.29 is 19.1 Å². The molecule has 3 aromatic carbocycles. The Labute approximate surface area is 163 Å². The summed E-state index contributed by atoms with van der Waals surface area (Å²) < 4.78 is 10.9. The van der Waals surface area contributed by atoms with E-state index in [1.54, 1.807) is 17.0 Å². The van der Waals surface area contributed by atoms with E-state index in [4.69, 9.17) is 15.2 Å². The summed E-state index contributed by atoms with van der Waals surface area (Å²) in [6.07, 6.45) is 0. The molecular weight excluding hydrogens is 356 g/mol. The molecule has 0 unspecified atom stereocenters. The van der Waals surface area contributed by atoms with Gasteiger partial charge in [0.25, 0.3) is 11.8 Å². The number of methoxy groups -OCH3 is 1. The lowest BCUT2D eigenvalue weighted by Crippen LogP contribution is -2.35. The van der Waals surface area contributed by atoms with Crippen LogP contribution in [0.2, 0.25) is 0 Å². The lowest BCUT2D eigenvalue weighted by atomic mass is 10.1. The lowest BCUT2D eigenvalue weighted by Gasteiger charge is -2.23. The maximum absolute atomic E-state index is 12.9. The van der Waals surface area contributed by atoms with E-state index < -0.39 is 5.91 Å². The Morgan fingerprint density at radius 3 is 2.43 bits per heavy atom. The number of hydrogen-bond acceptors (Lipinski definition) is 4. The Morgan fingerprint density at radius 2 is 1.71 bits per heavy atom. The number of benzene rings is 3. The van der Waals surface area contributed by atoms with Gasteiger partial charge in [0.15, 0.2) is 18.1 Å². The van der Waals surface area contributed by atoms with Crippen LogP contribution in [-0.2, 0) is 4.79 Å². The van der Waals surface area contributed by atoms with Gasteiger partial charge in [-0.3, -0.25) is 9.59 Å². The highest BCUT2D eigenvalue weighted by Gasteiger charge is 2.20. The highest BCUT2D eigenvalue weighted by molar-refractivity contribution is 6.04. The van der Waals surface area contributed by atoms with Crippen LogP contribution in [0.25, 0.3) is 10.8 Å². The molecule has 6 nitrogen and oxygen atoms in total. The van der Waals surface area contributed by atoms with Crippen LogP contribution in [0.15, 0.2) is 60.7 Å². The first-order valence-corrected chi connectivity index (χ1v) is 8.94. The van der Waals surface area contributed by atoms with E-state index in [0.717, 1.165) is 16.5 Å². The number of rotatable bonds is 7. The van der Waals surface area contributed by atoms with Crippen LogP contribution < -0.4 is 20.1 Å². The van der Waals surface area contributed by atoms with E-state index in [1.807, 2.05) is 49.4 Å². The van der Waals surface area contributed by atoms with Crippen LogP contribution >= 0.6 is 0 Å². The van der Waals surface area contributed by atoms with Crippen molar-refractivity contribution in [2.75, 3.05) is 25.2 Å². The van der Waals surface area contributed by atoms with Crippen molar-refractivity contribution in [2.24, 2.45) is 5.73 Å². The number of carbonyl (C=O) groups is 2. The smallest absolute Gasteiger partial charge is 0.264 e. The summed E-state index contributed by atoms with van der Waals surface area (Å²) in [7, 11) is 1.46. The minimum absolute atomic E-state index is 0.167. The summed E-state index contributed by atoms with van der Waals surface area (Å²) >= 11 is 0. The van der Waals surface area contributed by atoms with E-state index in [2.05, 4.69) is 0 Å². The van der Waals surface area contributed by atoms with E-state index in [1.165, 1.54) is 13.2 Å². The molecule has 28 heavy (non-hydrogen) atoms. The van der Waals surface area contributed by atoms with Gasteiger partial charge >= 0.3 is 0 Å². The van der Waals surface area contributed by atoms with Crippen LogP contribution in [0.3, 0.4) is 0 Å². The van der Waals surface area contributed by atoms with Gasteiger partial charge in [0.05, 0.1) is 18.4 Å².